The lowest BCUT2D eigenvalue weighted by Gasteiger charge is -2.28. The van der Waals surface area contributed by atoms with E-state index in [2.05, 4.69) is 0 Å². The molecule has 0 aromatic rings. The summed E-state index contributed by atoms with van der Waals surface area (Å²) in [6.07, 6.45) is 1.52. The molecule has 1 atom stereocenters. The molecule has 0 amide bonds. The fourth-order valence-corrected chi connectivity index (χ4v) is 1.63. The number of carbonyl (C=O) groups excluding carboxylic acids is 1. The third kappa shape index (κ3) is 4.08. The van der Waals surface area contributed by atoms with Crippen LogP contribution in [0.15, 0.2) is 0 Å². The summed E-state index contributed by atoms with van der Waals surface area (Å²) >= 11 is 0. The van der Waals surface area contributed by atoms with Crippen LogP contribution in [0, 0.1) is 0 Å². The minimum atomic E-state index is -0.970. The molecule has 5 nitrogen and oxygen atoms in total. The standard InChI is InChI=1S/C11H21NO4/c1-10(2,3)16-9(13)8-15-12-7-5-6-11(12,4)14/h14H,5-8H2,1-4H3. The number of aliphatic hydroxyl groups is 1. The fraction of sp³-hybridized carbons (Fsp3) is 0.909. The summed E-state index contributed by atoms with van der Waals surface area (Å²) in [5.41, 5.74) is -1.48. The third-order valence-corrected chi connectivity index (χ3v) is 2.31. The van der Waals surface area contributed by atoms with E-state index in [1.165, 1.54) is 5.06 Å². The Morgan fingerprint density at radius 3 is 2.56 bits per heavy atom. The van der Waals surface area contributed by atoms with E-state index in [-0.39, 0.29) is 6.61 Å². The van der Waals surface area contributed by atoms with Crippen LogP contribution in [0.5, 0.6) is 0 Å². The zero-order chi connectivity index (χ0) is 12.4. The van der Waals surface area contributed by atoms with Gasteiger partial charge in [-0.3, -0.25) is 4.84 Å². The van der Waals surface area contributed by atoms with Crippen LogP contribution in [-0.4, -0.2) is 40.6 Å². The van der Waals surface area contributed by atoms with Crippen LogP contribution in [0.1, 0.15) is 40.5 Å². The first-order chi connectivity index (χ1) is 7.21. The first kappa shape index (κ1) is 13.4. The van der Waals surface area contributed by atoms with Crippen LogP contribution in [0.3, 0.4) is 0 Å². The molecule has 1 unspecified atom stereocenters. The average molecular weight is 231 g/mol. The van der Waals surface area contributed by atoms with E-state index in [1.807, 2.05) is 0 Å². The van der Waals surface area contributed by atoms with E-state index < -0.39 is 17.3 Å². The van der Waals surface area contributed by atoms with Gasteiger partial charge in [-0.15, -0.1) is 0 Å². The summed E-state index contributed by atoms with van der Waals surface area (Å²) in [4.78, 5) is 16.6. The molecule has 1 heterocycles. The van der Waals surface area contributed by atoms with E-state index in [1.54, 1.807) is 27.7 Å². The Balaban J connectivity index is 2.32. The van der Waals surface area contributed by atoms with E-state index in [9.17, 15) is 9.90 Å². The van der Waals surface area contributed by atoms with Crippen molar-refractivity contribution in [3.63, 3.8) is 0 Å². The second-order valence-corrected chi connectivity index (χ2v) is 5.28. The van der Waals surface area contributed by atoms with E-state index >= 15 is 0 Å². The lowest BCUT2D eigenvalue weighted by atomic mass is 10.2. The number of carbonyl (C=O) groups is 1. The highest BCUT2D eigenvalue weighted by atomic mass is 16.7. The lowest BCUT2D eigenvalue weighted by molar-refractivity contribution is -0.266. The van der Waals surface area contributed by atoms with Crippen LogP contribution >= 0.6 is 0 Å². The summed E-state index contributed by atoms with van der Waals surface area (Å²) in [7, 11) is 0. The zero-order valence-electron chi connectivity index (χ0n) is 10.4. The minimum absolute atomic E-state index is 0.159. The van der Waals surface area contributed by atoms with Gasteiger partial charge in [-0.05, 0) is 40.5 Å². The molecule has 0 aliphatic carbocycles. The molecule has 5 heteroatoms. The van der Waals surface area contributed by atoms with Crippen LogP contribution in [0.25, 0.3) is 0 Å². The molecule has 0 radical (unpaired) electrons. The Labute approximate surface area is 96.3 Å². The zero-order valence-corrected chi connectivity index (χ0v) is 10.4. The van der Waals surface area contributed by atoms with Gasteiger partial charge in [0.25, 0.3) is 0 Å². The molecule has 1 rings (SSSR count). The summed E-state index contributed by atoms with van der Waals surface area (Å²) in [6.45, 7) is 7.56. The predicted octanol–water partition coefficient (Wildman–Crippen LogP) is 1.06. The van der Waals surface area contributed by atoms with Gasteiger partial charge in [-0.2, -0.15) is 5.06 Å². The Morgan fingerprint density at radius 2 is 2.12 bits per heavy atom. The van der Waals surface area contributed by atoms with Gasteiger partial charge < -0.3 is 9.84 Å². The maximum Gasteiger partial charge on any atom is 0.334 e. The van der Waals surface area contributed by atoms with Crippen LogP contribution in [0.4, 0.5) is 0 Å². The molecule has 1 saturated heterocycles. The van der Waals surface area contributed by atoms with Crippen LogP contribution < -0.4 is 0 Å². The van der Waals surface area contributed by atoms with Gasteiger partial charge in [-0.1, -0.05) is 0 Å². The minimum Gasteiger partial charge on any atom is -0.458 e. The molecule has 0 saturated carbocycles. The second kappa shape index (κ2) is 4.69. The highest BCUT2D eigenvalue weighted by molar-refractivity contribution is 5.71. The van der Waals surface area contributed by atoms with E-state index in [4.69, 9.17) is 9.57 Å². The first-order valence-electron chi connectivity index (χ1n) is 5.55. The van der Waals surface area contributed by atoms with Gasteiger partial charge in [0.1, 0.15) is 11.3 Å². The average Bonchev–Trinajstić information content (AvgIpc) is 2.38. The van der Waals surface area contributed by atoms with Crippen molar-refractivity contribution in [2.24, 2.45) is 0 Å². The summed E-state index contributed by atoms with van der Waals surface area (Å²) in [5.74, 6) is -0.421. The van der Waals surface area contributed by atoms with Gasteiger partial charge in [0.2, 0.25) is 0 Å². The van der Waals surface area contributed by atoms with Crippen LogP contribution in [-0.2, 0) is 14.4 Å². The number of hydrogen-bond donors (Lipinski definition) is 1. The molecular weight excluding hydrogens is 210 g/mol. The fourth-order valence-electron chi connectivity index (χ4n) is 1.63. The Morgan fingerprint density at radius 1 is 1.50 bits per heavy atom. The summed E-state index contributed by atoms with van der Waals surface area (Å²) < 4.78 is 5.09. The summed E-state index contributed by atoms with van der Waals surface area (Å²) in [5, 5.41) is 11.3. The molecule has 1 aliphatic rings. The third-order valence-electron chi connectivity index (χ3n) is 2.31. The normalized spacial score (nSPS) is 27.1. The van der Waals surface area contributed by atoms with Crippen molar-refractivity contribution in [1.82, 2.24) is 5.06 Å². The van der Waals surface area contributed by atoms with Gasteiger partial charge in [0, 0.05) is 6.54 Å². The smallest absolute Gasteiger partial charge is 0.334 e. The highest BCUT2D eigenvalue weighted by Crippen LogP contribution is 2.25. The molecule has 16 heavy (non-hydrogen) atoms. The Hall–Kier alpha value is -0.650. The molecular formula is C11H21NO4. The maximum absolute atomic E-state index is 11.4. The number of rotatable bonds is 3. The lowest BCUT2D eigenvalue weighted by Crippen LogP contribution is -2.42. The number of hydrogen-bond acceptors (Lipinski definition) is 5. The van der Waals surface area contributed by atoms with Gasteiger partial charge in [0.05, 0.1) is 0 Å². The molecule has 94 valence electrons. The highest BCUT2D eigenvalue weighted by Gasteiger charge is 2.35. The summed E-state index contributed by atoms with van der Waals surface area (Å²) in [6, 6.07) is 0. The Kier molecular flexibility index (Phi) is 3.93. The monoisotopic (exact) mass is 231 g/mol. The molecule has 0 aromatic carbocycles. The molecule has 1 fully saturated rings. The number of esters is 1. The number of ether oxygens (including phenoxy) is 1. The van der Waals surface area contributed by atoms with Crippen molar-refractivity contribution >= 4 is 5.97 Å². The van der Waals surface area contributed by atoms with Crippen molar-refractivity contribution in [3.05, 3.63) is 0 Å². The maximum atomic E-state index is 11.4. The second-order valence-electron chi connectivity index (χ2n) is 5.28. The first-order valence-corrected chi connectivity index (χ1v) is 5.55. The molecule has 1 aliphatic heterocycles. The van der Waals surface area contributed by atoms with E-state index in [0.29, 0.717) is 13.0 Å². The van der Waals surface area contributed by atoms with Crippen molar-refractivity contribution in [2.45, 2.75) is 51.9 Å². The van der Waals surface area contributed by atoms with Gasteiger partial charge in [-0.25, -0.2) is 4.79 Å². The van der Waals surface area contributed by atoms with Gasteiger partial charge >= 0.3 is 5.97 Å². The topological polar surface area (TPSA) is 59.0 Å². The molecule has 0 aromatic heterocycles. The Bertz CT molecular complexity index is 257. The van der Waals surface area contributed by atoms with Crippen molar-refractivity contribution in [2.75, 3.05) is 13.2 Å². The van der Waals surface area contributed by atoms with Crippen LogP contribution in [0.2, 0.25) is 0 Å². The SMILES string of the molecule is CC(C)(C)OC(=O)CON1CCCC1(C)O. The molecule has 1 N–H and O–H groups in total. The van der Waals surface area contributed by atoms with Crippen molar-refractivity contribution < 1.29 is 19.5 Å². The number of hydroxylamine groups is 2. The largest absolute Gasteiger partial charge is 0.458 e. The predicted molar refractivity (Wildman–Crippen MR) is 58.4 cm³/mol. The van der Waals surface area contributed by atoms with E-state index in [0.717, 1.165) is 6.42 Å². The van der Waals surface area contributed by atoms with Gasteiger partial charge in [0.15, 0.2) is 6.61 Å². The molecule has 0 bridgehead atoms. The molecule has 0 spiro atoms. The number of nitrogens with zero attached hydrogens (tertiary/aromatic N) is 1. The quantitative estimate of drug-likeness (QED) is 0.736. The van der Waals surface area contributed by atoms with Crippen molar-refractivity contribution in [3.8, 4) is 0 Å². The van der Waals surface area contributed by atoms with Crippen molar-refractivity contribution in [1.29, 1.82) is 0 Å².